The second kappa shape index (κ2) is 3.44. The minimum atomic E-state index is -0.417. The normalized spacial score (nSPS) is 10.8. The second-order valence-corrected chi connectivity index (χ2v) is 2.93. The third kappa shape index (κ3) is 5.41. The maximum Gasteiger partial charge on any atom is 0.407 e. The summed E-state index contributed by atoms with van der Waals surface area (Å²) in [5.74, 6) is 0. The van der Waals surface area contributed by atoms with Crippen LogP contribution in [-0.4, -0.2) is 18.2 Å². The van der Waals surface area contributed by atoms with Crippen LogP contribution >= 0.6 is 0 Å². The zero-order valence-electron chi connectivity index (χ0n) is 6.73. The molecule has 0 unspecified atom stereocenters. The number of alkyl carbamates (subject to hydrolysis) is 1. The van der Waals surface area contributed by atoms with Gasteiger partial charge >= 0.3 is 6.09 Å². The van der Waals surface area contributed by atoms with Crippen LogP contribution in [0.3, 0.4) is 0 Å². The molecule has 0 atom stereocenters. The third-order valence-electron chi connectivity index (χ3n) is 0.668. The Hall–Kier alpha value is -0.730. The van der Waals surface area contributed by atoms with Crippen molar-refractivity contribution in [3.05, 3.63) is 6.92 Å². The van der Waals surface area contributed by atoms with E-state index in [0.717, 1.165) is 0 Å². The zero-order valence-corrected chi connectivity index (χ0v) is 6.73. The smallest absolute Gasteiger partial charge is 0.407 e. The Morgan fingerprint density at radius 3 is 2.40 bits per heavy atom. The fraction of sp³-hybridized carbons (Fsp3) is 0.714. The van der Waals surface area contributed by atoms with E-state index in [1.807, 2.05) is 20.8 Å². The zero-order chi connectivity index (χ0) is 8.20. The molecule has 1 amide bonds. The van der Waals surface area contributed by atoms with E-state index in [2.05, 4.69) is 12.2 Å². The lowest BCUT2D eigenvalue weighted by molar-refractivity contribution is 0.0534. The number of hydrogen-bond acceptors (Lipinski definition) is 2. The molecule has 59 valence electrons. The molecule has 0 heterocycles. The Labute approximate surface area is 61.8 Å². The average molecular weight is 144 g/mol. The van der Waals surface area contributed by atoms with Gasteiger partial charge in [0.05, 0.1) is 0 Å². The van der Waals surface area contributed by atoms with E-state index in [-0.39, 0.29) is 0 Å². The Morgan fingerprint density at radius 1 is 1.60 bits per heavy atom. The quantitative estimate of drug-likeness (QED) is 0.603. The summed E-state index contributed by atoms with van der Waals surface area (Å²) in [4.78, 5) is 10.7. The summed E-state index contributed by atoms with van der Waals surface area (Å²) >= 11 is 0. The fourth-order valence-corrected chi connectivity index (χ4v) is 0.416. The molecule has 0 bridgehead atoms. The number of amides is 1. The summed E-state index contributed by atoms with van der Waals surface area (Å²) < 4.78 is 4.89. The lowest BCUT2D eigenvalue weighted by Crippen LogP contribution is -2.32. The van der Waals surface area contributed by atoms with Gasteiger partial charge in [0.1, 0.15) is 5.60 Å². The van der Waals surface area contributed by atoms with Gasteiger partial charge in [0.2, 0.25) is 0 Å². The number of ether oxygens (including phenoxy) is 1. The van der Waals surface area contributed by atoms with Crippen molar-refractivity contribution in [1.82, 2.24) is 5.32 Å². The van der Waals surface area contributed by atoms with Crippen molar-refractivity contribution in [2.45, 2.75) is 26.4 Å². The molecule has 1 radical (unpaired) electrons. The molecule has 0 aliphatic rings. The van der Waals surface area contributed by atoms with Crippen LogP contribution in [0, 0.1) is 6.92 Å². The van der Waals surface area contributed by atoms with Crippen LogP contribution in [0.25, 0.3) is 0 Å². The molecule has 0 aromatic rings. The van der Waals surface area contributed by atoms with Gasteiger partial charge in [-0.3, -0.25) is 0 Å². The third-order valence-corrected chi connectivity index (χ3v) is 0.668. The molecule has 0 aromatic carbocycles. The molecule has 0 fully saturated rings. The molecule has 0 saturated heterocycles. The van der Waals surface area contributed by atoms with Crippen molar-refractivity contribution >= 4 is 6.09 Å². The van der Waals surface area contributed by atoms with Crippen LogP contribution in [0.2, 0.25) is 0 Å². The predicted molar refractivity (Wildman–Crippen MR) is 39.6 cm³/mol. The first-order chi connectivity index (χ1) is 4.45. The Balaban J connectivity index is 3.58. The van der Waals surface area contributed by atoms with Crippen molar-refractivity contribution in [3.8, 4) is 0 Å². The van der Waals surface area contributed by atoms with Gasteiger partial charge in [0.25, 0.3) is 0 Å². The first-order valence-electron chi connectivity index (χ1n) is 3.22. The summed E-state index contributed by atoms with van der Waals surface area (Å²) in [7, 11) is 0. The van der Waals surface area contributed by atoms with E-state index in [0.29, 0.717) is 6.54 Å². The van der Waals surface area contributed by atoms with Crippen molar-refractivity contribution < 1.29 is 9.53 Å². The molecule has 0 aromatic heterocycles. The molecular formula is C7H14NO2. The van der Waals surface area contributed by atoms with E-state index in [4.69, 9.17) is 4.74 Å². The van der Waals surface area contributed by atoms with Crippen molar-refractivity contribution in [1.29, 1.82) is 0 Å². The van der Waals surface area contributed by atoms with Crippen LogP contribution in [0.1, 0.15) is 20.8 Å². The van der Waals surface area contributed by atoms with Gasteiger partial charge in [-0.1, -0.05) is 0 Å². The number of carbonyl (C=O) groups is 1. The van der Waals surface area contributed by atoms with E-state index >= 15 is 0 Å². The predicted octanol–water partition coefficient (Wildman–Crippen LogP) is 1.35. The summed E-state index contributed by atoms with van der Waals surface area (Å²) in [6.45, 7) is 9.25. The van der Waals surface area contributed by atoms with Gasteiger partial charge in [0, 0.05) is 6.54 Å². The van der Waals surface area contributed by atoms with Gasteiger partial charge in [-0.25, -0.2) is 4.79 Å². The van der Waals surface area contributed by atoms with Crippen LogP contribution < -0.4 is 5.32 Å². The Morgan fingerprint density at radius 2 is 2.10 bits per heavy atom. The largest absolute Gasteiger partial charge is 0.444 e. The van der Waals surface area contributed by atoms with Gasteiger partial charge in [-0.15, -0.1) is 0 Å². The molecule has 0 aliphatic carbocycles. The molecular weight excluding hydrogens is 130 g/mol. The summed E-state index contributed by atoms with van der Waals surface area (Å²) in [6, 6.07) is 0. The van der Waals surface area contributed by atoms with Crippen molar-refractivity contribution in [3.63, 3.8) is 0 Å². The van der Waals surface area contributed by atoms with Crippen molar-refractivity contribution in [2.24, 2.45) is 0 Å². The lowest BCUT2D eigenvalue weighted by Gasteiger charge is -2.19. The maximum atomic E-state index is 10.7. The molecule has 10 heavy (non-hydrogen) atoms. The highest BCUT2D eigenvalue weighted by atomic mass is 16.6. The Kier molecular flexibility index (Phi) is 3.19. The summed E-state index contributed by atoms with van der Waals surface area (Å²) in [5, 5.41) is 2.43. The lowest BCUT2D eigenvalue weighted by atomic mass is 10.2. The minimum absolute atomic E-state index is 0.356. The molecule has 0 saturated carbocycles. The molecule has 0 aliphatic heterocycles. The number of rotatable bonds is 1. The number of carbonyl (C=O) groups excluding carboxylic acids is 1. The van der Waals surface area contributed by atoms with Crippen LogP contribution in [0.4, 0.5) is 4.79 Å². The highest BCUT2D eigenvalue weighted by Gasteiger charge is 2.14. The van der Waals surface area contributed by atoms with Gasteiger partial charge in [-0.2, -0.15) is 0 Å². The highest BCUT2D eigenvalue weighted by Crippen LogP contribution is 2.05. The second-order valence-electron chi connectivity index (χ2n) is 2.93. The molecule has 0 rings (SSSR count). The number of nitrogens with one attached hydrogen (secondary N) is 1. The monoisotopic (exact) mass is 144 g/mol. The summed E-state index contributed by atoms with van der Waals surface area (Å²) in [5.41, 5.74) is -0.417. The standard InChI is InChI=1S/C7H14NO2/c1-5-8-6(9)10-7(2,3)4/h1,5H2,2-4H3,(H,8,9). The fourth-order valence-electron chi connectivity index (χ4n) is 0.416. The molecule has 0 spiro atoms. The first kappa shape index (κ1) is 9.27. The van der Waals surface area contributed by atoms with Gasteiger partial charge in [0.15, 0.2) is 0 Å². The van der Waals surface area contributed by atoms with Gasteiger partial charge < -0.3 is 10.1 Å². The van der Waals surface area contributed by atoms with E-state index in [9.17, 15) is 4.79 Å². The SMILES string of the molecule is [CH2]CNC(=O)OC(C)(C)C. The van der Waals surface area contributed by atoms with Crippen LogP contribution in [0.5, 0.6) is 0 Å². The highest BCUT2D eigenvalue weighted by molar-refractivity contribution is 5.67. The topological polar surface area (TPSA) is 38.3 Å². The molecule has 3 nitrogen and oxygen atoms in total. The molecule has 1 N–H and O–H groups in total. The first-order valence-corrected chi connectivity index (χ1v) is 3.22. The summed E-state index contributed by atoms with van der Waals surface area (Å²) in [6.07, 6.45) is -0.414. The van der Waals surface area contributed by atoms with Crippen LogP contribution in [-0.2, 0) is 4.74 Å². The maximum absolute atomic E-state index is 10.7. The van der Waals surface area contributed by atoms with E-state index in [1.54, 1.807) is 0 Å². The van der Waals surface area contributed by atoms with Crippen molar-refractivity contribution in [2.75, 3.05) is 6.54 Å². The van der Waals surface area contributed by atoms with Gasteiger partial charge in [-0.05, 0) is 27.7 Å². The Bertz CT molecular complexity index is 115. The van der Waals surface area contributed by atoms with Crippen LogP contribution in [0.15, 0.2) is 0 Å². The number of hydrogen-bond donors (Lipinski definition) is 1. The van der Waals surface area contributed by atoms with E-state index < -0.39 is 11.7 Å². The average Bonchev–Trinajstić information content (AvgIpc) is 1.59. The van der Waals surface area contributed by atoms with E-state index in [1.165, 1.54) is 0 Å². The molecule has 3 heteroatoms. The minimum Gasteiger partial charge on any atom is -0.444 e.